The molecule has 0 fully saturated rings. The number of anilines is 2. The number of fused-ring (bicyclic) bond motifs is 6. The number of ether oxygens (including phenoxy) is 1. The number of amides is 6. The number of hydrogen-bond donors (Lipinski definition) is 6. The number of carbonyl (C=O) groups excluding carboxylic acids is 4. The highest BCUT2D eigenvalue weighted by Crippen LogP contribution is 2.49. The van der Waals surface area contributed by atoms with Gasteiger partial charge in [0, 0.05) is 15.3 Å². The smallest absolute Gasteiger partial charge is 0.320 e. The van der Waals surface area contributed by atoms with Gasteiger partial charge in [-0.1, -0.05) is 35.9 Å². The maximum absolute atomic E-state index is 13.6. The molecule has 13 heteroatoms. The summed E-state index contributed by atoms with van der Waals surface area (Å²) >= 11 is 2.54. The maximum Gasteiger partial charge on any atom is 0.320 e. The molecule has 2 aromatic carbocycles. The number of thiophene rings is 2. The van der Waals surface area contributed by atoms with Crippen LogP contribution in [0.4, 0.5) is 19.6 Å². The summed E-state index contributed by atoms with van der Waals surface area (Å²) in [5, 5.41) is 9.20. The SMILES string of the molecule is COc1cccc2c1-c1sc(NC(=O)NC3CCc4c(sc(NC(N)=O)c4C(N)=O)-c4cc(C)ccc43)c(C(N)=O)c1CCC2. The molecule has 11 nitrogen and oxygen atoms in total. The molecule has 6 rings (SSSR count). The van der Waals surface area contributed by atoms with E-state index in [1.807, 2.05) is 37.3 Å². The molecule has 0 aliphatic heterocycles. The zero-order chi connectivity index (χ0) is 32.0. The van der Waals surface area contributed by atoms with Crippen molar-refractivity contribution in [1.82, 2.24) is 5.32 Å². The quantitative estimate of drug-likeness (QED) is 0.162. The number of nitrogens with one attached hydrogen (secondary N) is 3. The Labute approximate surface area is 267 Å². The summed E-state index contributed by atoms with van der Waals surface area (Å²) in [6.45, 7) is 1.95. The van der Waals surface area contributed by atoms with Crippen molar-refractivity contribution in [2.24, 2.45) is 17.2 Å². The van der Waals surface area contributed by atoms with E-state index in [9.17, 15) is 19.2 Å². The van der Waals surface area contributed by atoms with Gasteiger partial charge in [-0.15, -0.1) is 22.7 Å². The Balaban J connectivity index is 1.35. The summed E-state index contributed by atoms with van der Waals surface area (Å²) in [7, 11) is 1.61. The maximum atomic E-state index is 13.6. The second kappa shape index (κ2) is 11.9. The number of rotatable bonds is 6. The van der Waals surface area contributed by atoms with Gasteiger partial charge in [0.15, 0.2) is 0 Å². The lowest BCUT2D eigenvalue weighted by Gasteiger charge is -2.20. The van der Waals surface area contributed by atoms with Crippen molar-refractivity contribution in [3.8, 4) is 26.6 Å². The fourth-order valence-electron chi connectivity index (χ4n) is 6.37. The number of urea groups is 2. The summed E-state index contributed by atoms with van der Waals surface area (Å²) < 4.78 is 5.67. The third-order valence-electron chi connectivity index (χ3n) is 8.22. The van der Waals surface area contributed by atoms with Crippen LogP contribution in [-0.2, 0) is 19.3 Å². The van der Waals surface area contributed by atoms with Crippen molar-refractivity contribution in [3.63, 3.8) is 0 Å². The molecule has 0 radical (unpaired) electrons. The van der Waals surface area contributed by atoms with Crippen LogP contribution in [0.1, 0.15) is 67.4 Å². The highest BCUT2D eigenvalue weighted by molar-refractivity contribution is 7.20. The van der Waals surface area contributed by atoms with Crippen molar-refractivity contribution in [3.05, 3.63) is 75.3 Å². The molecule has 1 unspecified atom stereocenters. The van der Waals surface area contributed by atoms with Gasteiger partial charge in [0.1, 0.15) is 15.8 Å². The summed E-state index contributed by atoms with van der Waals surface area (Å²) in [5.74, 6) is -0.587. The second-order valence-electron chi connectivity index (χ2n) is 11.1. The van der Waals surface area contributed by atoms with E-state index in [1.54, 1.807) is 7.11 Å². The van der Waals surface area contributed by atoms with E-state index >= 15 is 0 Å². The van der Waals surface area contributed by atoms with Gasteiger partial charge < -0.3 is 27.3 Å². The zero-order valence-corrected chi connectivity index (χ0v) is 26.3. The van der Waals surface area contributed by atoms with Crippen molar-refractivity contribution in [2.45, 2.75) is 45.1 Å². The molecule has 9 N–H and O–H groups in total. The van der Waals surface area contributed by atoms with Crippen LogP contribution in [0.15, 0.2) is 36.4 Å². The van der Waals surface area contributed by atoms with Crippen LogP contribution in [0.5, 0.6) is 5.75 Å². The number of methoxy groups -OCH3 is 1. The number of carbonyl (C=O) groups is 4. The Morgan fingerprint density at radius 2 is 1.56 bits per heavy atom. The number of benzene rings is 2. The first-order chi connectivity index (χ1) is 21.6. The molecule has 2 heterocycles. The van der Waals surface area contributed by atoms with Gasteiger partial charge in [-0.05, 0) is 72.9 Å². The summed E-state index contributed by atoms with van der Waals surface area (Å²) in [4.78, 5) is 52.2. The normalized spacial score (nSPS) is 14.8. The van der Waals surface area contributed by atoms with Crippen molar-refractivity contribution < 1.29 is 23.9 Å². The van der Waals surface area contributed by atoms with E-state index in [2.05, 4.69) is 22.0 Å². The molecule has 0 saturated carbocycles. The minimum Gasteiger partial charge on any atom is -0.496 e. The first kappa shape index (κ1) is 30.2. The van der Waals surface area contributed by atoms with Gasteiger partial charge in [0.25, 0.3) is 11.8 Å². The van der Waals surface area contributed by atoms with Crippen LogP contribution >= 0.6 is 22.7 Å². The molecule has 0 bridgehead atoms. The van der Waals surface area contributed by atoms with E-state index in [0.29, 0.717) is 46.1 Å². The zero-order valence-electron chi connectivity index (χ0n) is 24.7. The topological polar surface area (TPSA) is 192 Å². The standard InChI is InChI=1S/C32H32N6O5S2/c1-14-9-10-16-19(13-14)25-18(24(28(34)40)29(44-25)37-31(35)41)11-12-20(16)36-32(42)38-30-23(27(33)39)17-7-3-5-15-6-4-8-21(43-2)22(15)26(17)45-30/h4,6,8-10,13,20H,3,5,7,11-12H2,1-2H3,(H2,33,39)(H2,34,40)(H3,35,37,41)(H2,36,38,42). The third-order valence-corrected chi connectivity index (χ3v) is 10.6. The minimum atomic E-state index is -0.794. The number of hydrogen-bond acceptors (Lipinski definition) is 7. The van der Waals surface area contributed by atoms with Gasteiger partial charge in [-0.2, -0.15) is 0 Å². The highest BCUT2D eigenvalue weighted by Gasteiger charge is 2.32. The van der Waals surface area contributed by atoms with E-state index in [0.717, 1.165) is 56.0 Å². The van der Waals surface area contributed by atoms with Crippen LogP contribution < -0.4 is 37.9 Å². The average Bonchev–Trinajstić information content (AvgIpc) is 3.41. The van der Waals surface area contributed by atoms with Gasteiger partial charge >= 0.3 is 12.1 Å². The van der Waals surface area contributed by atoms with Gasteiger partial charge in [0.05, 0.1) is 24.3 Å². The lowest BCUT2D eigenvalue weighted by atomic mass is 9.97. The molecule has 4 aromatic rings. The van der Waals surface area contributed by atoms with Crippen molar-refractivity contribution in [2.75, 3.05) is 17.7 Å². The Hall–Kier alpha value is -4.88. The molecule has 2 aliphatic rings. The molecule has 0 spiro atoms. The fourth-order valence-corrected chi connectivity index (χ4v) is 9.00. The molecule has 1 atom stereocenters. The van der Waals surface area contributed by atoms with Gasteiger partial charge in [-0.3, -0.25) is 20.2 Å². The molecule has 45 heavy (non-hydrogen) atoms. The molecule has 232 valence electrons. The van der Waals surface area contributed by atoms with E-state index in [1.165, 1.54) is 22.7 Å². The molecule has 2 aliphatic carbocycles. The Morgan fingerprint density at radius 1 is 0.867 bits per heavy atom. The Kier molecular flexibility index (Phi) is 7.97. The van der Waals surface area contributed by atoms with Gasteiger partial charge in [0.2, 0.25) is 0 Å². The molecule has 0 saturated heterocycles. The first-order valence-electron chi connectivity index (χ1n) is 14.4. The van der Waals surface area contributed by atoms with Crippen LogP contribution in [0.25, 0.3) is 20.9 Å². The fraction of sp³-hybridized carbons (Fsp3) is 0.250. The van der Waals surface area contributed by atoms with Crippen LogP contribution in [0.2, 0.25) is 0 Å². The predicted molar refractivity (Wildman–Crippen MR) is 176 cm³/mol. The highest BCUT2D eigenvalue weighted by atomic mass is 32.1. The van der Waals surface area contributed by atoms with E-state index in [4.69, 9.17) is 21.9 Å². The van der Waals surface area contributed by atoms with Crippen LogP contribution in [-0.4, -0.2) is 31.0 Å². The average molecular weight is 645 g/mol. The van der Waals surface area contributed by atoms with Crippen molar-refractivity contribution >= 4 is 56.6 Å². The Bertz CT molecular complexity index is 1890. The summed E-state index contributed by atoms with van der Waals surface area (Å²) in [6.07, 6.45) is 3.14. The monoisotopic (exact) mass is 644 g/mol. The lowest BCUT2D eigenvalue weighted by molar-refractivity contribution is 0.0992. The van der Waals surface area contributed by atoms with E-state index in [-0.39, 0.29) is 5.56 Å². The van der Waals surface area contributed by atoms with Gasteiger partial charge in [-0.25, -0.2) is 9.59 Å². The number of primary amides is 3. The Morgan fingerprint density at radius 3 is 2.24 bits per heavy atom. The van der Waals surface area contributed by atoms with Crippen molar-refractivity contribution in [1.29, 1.82) is 0 Å². The first-order valence-corrected chi connectivity index (χ1v) is 16.0. The number of aryl methyl sites for hydroxylation is 2. The minimum absolute atomic E-state index is 0.216. The van der Waals surface area contributed by atoms with E-state index < -0.39 is 29.9 Å². The number of nitrogens with two attached hydrogens (primary N) is 3. The largest absolute Gasteiger partial charge is 0.496 e. The summed E-state index contributed by atoms with van der Waals surface area (Å²) in [6, 6.07) is 10.0. The van der Waals surface area contributed by atoms with Crippen LogP contribution in [0, 0.1) is 6.92 Å². The lowest BCUT2D eigenvalue weighted by Crippen LogP contribution is -2.33. The summed E-state index contributed by atoms with van der Waals surface area (Å²) in [5.41, 5.74) is 23.7. The predicted octanol–water partition coefficient (Wildman–Crippen LogP) is 5.45. The molecular weight excluding hydrogens is 613 g/mol. The van der Waals surface area contributed by atoms with Crippen LogP contribution in [0.3, 0.4) is 0 Å². The second-order valence-corrected chi connectivity index (χ2v) is 13.1. The molecule has 6 amide bonds. The molecule has 2 aromatic heterocycles. The third kappa shape index (κ3) is 5.49. The molecular formula is C32H32N6O5S2.